The highest BCUT2D eigenvalue weighted by atomic mass is 79.9. The molecule has 1 amide bonds. The van der Waals surface area contributed by atoms with E-state index in [2.05, 4.69) is 28.2 Å². The average molecular weight is 447 g/mol. The SMILES string of the molecule is CCCCCCCCCCCCNC(=O)CCCCCCCCCCCBr. The molecule has 0 aromatic carbocycles. The normalized spacial score (nSPS) is 11.0. The minimum absolute atomic E-state index is 0.265. The zero-order valence-electron chi connectivity index (χ0n) is 18.3. The number of alkyl halides is 1. The first-order valence-electron chi connectivity index (χ1n) is 12.1. The van der Waals surface area contributed by atoms with Gasteiger partial charge in [0.2, 0.25) is 5.91 Å². The summed E-state index contributed by atoms with van der Waals surface area (Å²) >= 11 is 3.48. The third kappa shape index (κ3) is 23.9. The fourth-order valence-electron chi connectivity index (χ4n) is 3.55. The van der Waals surface area contributed by atoms with Gasteiger partial charge in [0.1, 0.15) is 0 Å². The molecule has 2 nitrogen and oxygen atoms in total. The van der Waals surface area contributed by atoms with Crippen LogP contribution < -0.4 is 5.32 Å². The van der Waals surface area contributed by atoms with Crippen LogP contribution in [-0.2, 0) is 4.79 Å². The molecule has 0 aromatic heterocycles. The van der Waals surface area contributed by atoms with Gasteiger partial charge >= 0.3 is 0 Å². The number of carbonyl (C=O) groups excluding carboxylic acids is 1. The Morgan fingerprint density at radius 3 is 1.48 bits per heavy atom. The van der Waals surface area contributed by atoms with Crippen molar-refractivity contribution in [1.82, 2.24) is 5.32 Å². The Morgan fingerprint density at radius 2 is 1.00 bits per heavy atom. The summed E-state index contributed by atoms with van der Waals surface area (Å²) in [5, 5.41) is 4.24. The second-order valence-electron chi connectivity index (χ2n) is 8.15. The lowest BCUT2D eigenvalue weighted by atomic mass is 10.1. The Labute approximate surface area is 179 Å². The van der Waals surface area contributed by atoms with E-state index in [0.29, 0.717) is 0 Å². The van der Waals surface area contributed by atoms with Crippen molar-refractivity contribution in [3.63, 3.8) is 0 Å². The number of halogens is 1. The topological polar surface area (TPSA) is 29.1 Å². The van der Waals surface area contributed by atoms with Gasteiger partial charge in [-0.05, 0) is 19.3 Å². The third-order valence-electron chi connectivity index (χ3n) is 5.39. The quantitative estimate of drug-likeness (QED) is 0.131. The molecule has 0 radical (unpaired) electrons. The lowest BCUT2D eigenvalue weighted by Crippen LogP contribution is -2.23. The first-order chi connectivity index (χ1) is 13.3. The summed E-state index contributed by atoms with van der Waals surface area (Å²) in [6.45, 7) is 3.15. The molecular weight excluding hydrogens is 398 g/mol. The van der Waals surface area contributed by atoms with Gasteiger partial charge in [0.15, 0.2) is 0 Å². The fourth-order valence-corrected chi connectivity index (χ4v) is 3.94. The summed E-state index contributed by atoms with van der Waals surface area (Å²) in [6, 6.07) is 0. The van der Waals surface area contributed by atoms with E-state index in [-0.39, 0.29) is 5.91 Å². The van der Waals surface area contributed by atoms with Gasteiger partial charge in [0.25, 0.3) is 0 Å². The van der Waals surface area contributed by atoms with Gasteiger partial charge in [0, 0.05) is 18.3 Å². The van der Waals surface area contributed by atoms with E-state index < -0.39 is 0 Å². The van der Waals surface area contributed by atoms with Crippen molar-refractivity contribution in [3.05, 3.63) is 0 Å². The molecular formula is C24H48BrNO. The molecule has 0 spiro atoms. The Bertz CT molecular complexity index is 296. The van der Waals surface area contributed by atoms with Crippen molar-refractivity contribution in [1.29, 1.82) is 0 Å². The largest absolute Gasteiger partial charge is 0.356 e. The van der Waals surface area contributed by atoms with Crippen LogP contribution in [-0.4, -0.2) is 17.8 Å². The smallest absolute Gasteiger partial charge is 0.219 e. The van der Waals surface area contributed by atoms with Gasteiger partial charge in [-0.2, -0.15) is 0 Å². The summed E-state index contributed by atoms with van der Waals surface area (Å²) in [6.07, 6.45) is 26.0. The standard InChI is InChI=1S/C24H48BrNO/c1-2-3-4-5-6-7-11-14-17-20-23-26-24(27)21-18-15-12-9-8-10-13-16-19-22-25/h2-23H2,1H3,(H,26,27). The van der Waals surface area contributed by atoms with Crippen LogP contribution in [0.3, 0.4) is 0 Å². The molecule has 0 aliphatic carbocycles. The Hall–Kier alpha value is -0.0500. The number of nitrogens with one attached hydrogen (secondary N) is 1. The van der Waals surface area contributed by atoms with E-state index in [4.69, 9.17) is 0 Å². The number of carbonyl (C=O) groups is 1. The van der Waals surface area contributed by atoms with Crippen LogP contribution in [0.5, 0.6) is 0 Å². The molecule has 1 N–H and O–H groups in total. The van der Waals surface area contributed by atoms with Gasteiger partial charge in [-0.1, -0.05) is 126 Å². The third-order valence-corrected chi connectivity index (χ3v) is 5.95. The minimum atomic E-state index is 0.265. The second kappa shape index (κ2) is 24.0. The number of rotatable bonds is 22. The van der Waals surface area contributed by atoms with Crippen LogP contribution in [0.2, 0.25) is 0 Å². The van der Waals surface area contributed by atoms with Gasteiger partial charge in [0.05, 0.1) is 0 Å². The predicted molar refractivity (Wildman–Crippen MR) is 125 cm³/mol. The van der Waals surface area contributed by atoms with Crippen molar-refractivity contribution in [3.8, 4) is 0 Å². The van der Waals surface area contributed by atoms with Crippen LogP contribution in [0, 0.1) is 0 Å². The number of hydrogen-bond donors (Lipinski definition) is 1. The van der Waals surface area contributed by atoms with Crippen molar-refractivity contribution in [2.45, 2.75) is 135 Å². The van der Waals surface area contributed by atoms with Crippen LogP contribution in [0.15, 0.2) is 0 Å². The first-order valence-corrected chi connectivity index (χ1v) is 13.3. The molecule has 0 fully saturated rings. The van der Waals surface area contributed by atoms with E-state index >= 15 is 0 Å². The molecule has 0 heterocycles. The molecule has 0 rings (SSSR count). The highest BCUT2D eigenvalue weighted by Gasteiger charge is 2.00. The molecule has 0 unspecified atom stereocenters. The lowest BCUT2D eigenvalue weighted by Gasteiger charge is -2.06. The summed E-state index contributed by atoms with van der Waals surface area (Å²) in [4.78, 5) is 11.8. The molecule has 27 heavy (non-hydrogen) atoms. The number of unbranched alkanes of at least 4 members (excludes halogenated alkanes) is 17. The summed E-state index contributed by atoms with van der Waals surface area (Å²) < 4.78 is 0. The zero-order chi connectivity index (χ0) is 19.8. The number of amides is 1. The van der Waals surface area contributed by atoms with Crippen molar-refractivity contribution >= 4 is 21.8 Å². The predicted octanol–water partition coefficient (Wildman–Crippen LogP) is 8.32. The Balaban J connectivity index is 3.13. The summed E-state index contributed by atoms with van der Waals surface area (Å²) in [7, 11) is 0. The van der Waals surface area contributed by atoms with E-state index in [1.54, 1.807) is 0 Å². The molecule has 0 aliphatic rings. The molecule has 0 aromatic rings. The second-order valence-corrected chi connectivity index (χ2v) is 8.95. The van der Waals surface area contributed by atoms with E-state index in [1.807, 2.05) is 0 Å². The molecule has 0 aliphatic heterocycles. The zero-order valence-corrected chi connectivity index (χ0v) is 19.9. The number of hydrogen-bond acceptors (Lipinski definition) is 1. The molecule has 0 saturated heterocycles. The van der Waals surface area contributed by atoms with E-state index in [1.165, 1.54) is 109 Å². The van der Waals surface area contributed by atoms with E-state index in [9.17, 15) is 4.79 Å². The molecule has 0 bridgehead atoms. The van der Waals surface area contributed by atoms with Crippen LogP contribution in [0.1, 0.15) is 135 Å². The van der Waals surface area contributed by atoms with Gasteiger partial charge < -0.3 is 5.32 Å². The fraction of sp³-hybridized carbons (Fsp3) is 0.958. The maximum absolute atomic E-state index is 11.8. The van der Waals surface area contributed by atoms with Gasteiger partial charge in [-0.3, -0.25) is 4.79 Å². The monoisotopic (exact) mass is 445 g/mol. The molecule has 3 heteroatoms. The van der Waals surface area contributed by atoms with Crippen LogP contribution >= 0.6 is 15.9 Å². The highest BCUT2D eigenvalue weighted by Crippen LogP contribution is 2.12. The first kappa shape index (κ1) is 27.0. The Morgan fingerprint density at radius 1 is 0.593 bits per heavy atom. The highest BCUT2D eigenvalue weighted by molar-refractivity contribution is 9.09. The van der Waals surface area contributed by atoms with E-state index in [0.717, 1.165) is 31.1 Å². The summed E-state index contributed by atoms with van der Waals surface area (Å²) in [5.41, 5.74) is 0. The van der Waals surface area contributed by atoms with Gasteiger partial charge in [-0.15, -0.1) is 0 Å². The average Bonchev–Trinajstić information content (AvgIpc) is 2.67. The van der Waals surface area contributed by atoms with Crippen molar-refractivity contribution < 1.29 is 4.79 Å². The lowest BCUT2D eigenvalue weighted by molar-refractivity contribution is -0.121. The van der Waals surface area contributed by atoms with Crippen molar-refractivity contribution in [2.24, 2.45) is 0 Å². The maximum Gasteiger partial charge on any atom is 0.219 e. The maximum atomic E-state index is 11.8. The van der Waals surface area contributed by atoms with Crippen LogP contribution in [0.4, 0.5) is 0 Å². The van der Waals surface area contributed by atoms with Crippen molar-refractivity contribution in [2.75, 3.05) is 11.9 Å². The summed E-state index contributed by atoms with van der Waals surface area (Å²) in [5.74, 6) is 0.265. The minimum Gasteiger partial charge on any atom is -0.356 e. The van der Waals surface area contributed by atoms with Gasteiger partial charge in [-0.25, -0.2) is 0 Å². The molecule has 0 saturated carbocycles. The Kier molecular flexibility index (Phi) is 23.9. The molecule has 162 valence electrons. The molecule has 0 atom stereocenters. The van der Waals surface area contributed by atoms with Crippen LogP contribution in [0.25, 0.3) is 0 Å².